The Morgan fingerprint density at radius 2 is 1.88 bits per heavy atom. The normalized spacial score (nSPS) is 10.8. The van der Waals surface area contributed by atoms with E-state index in [1.54, 1.807) is 0 Å². The number of nitrogens with zero attached hydrogens (tertiary/aromatic N) is 1. The zero-order chi connectivity index (χ0) is 17.3. The Labute approximate surface area is 141 Å². The summed E-state index contributed by atoms with van der Waals surface area (Å²) in [4.78, 5) is 23.9. The Bertz CT molecular complexity index is 938. The average Bonchev–Trinajstić information content (AvgIpc) is 2.82. The van der Waals surface area contributed by atoms with Crippen molar-refractivity contribution in [1.29, 1.82) is 0 Å². The summed E-state index contributed by atoms with van der Waals surface area (Å²) in [5.74, 6) is -0.108. The highest BCUT2D eigenvalue weighted by molar-refractivity contribution is 6.00. The van der Waals surface area contributed by atoms with Gasteiger partial charge in [0.05, 0.1) is 0 Å². The van der Waals surface area contributed by atoms with E-state index in [-0.39, 0.29) is 12.5 Å². The second kappa shape index (κ2) is 6.32. The molecule has 0 aliphatic heterocycles. The molecule has 4 nitrogen and oxygen atoms in total. The Morgan fingerprint density at radius 3 is 2.58 bits per heavy atom. The molecule has 24 heavy (non-hydrogen) atoms. The van der Waals surface area contributed by atoms with E-state index in [0.29, 0.717) is 5.56 Å². The minimum atomic E-state index is -0.108. The third-order valence-electron chi connectivity index (χ3n) is 4.36. The number of para-hydroxylation sites is 1. The molecule has 0 atom stereocenters. The third kappa shape index (κ3) is 2.83. The van der Waals surface area contributed by atoms with Gasteiger partial charge in [-0.05, 0) is 38.5 Å². The number of fused-ring (bicyclic) bond motifs is 1. The number of hydrogen-bond donors (Lipinski definition) is 1. The van der Waals surface area contributed by atoms with Gasteiger partial charge in [-0.15, -0.1) is 0 Å². The van der Waals surface area contributed by atoms with Gasteiger partial charge in [-0.3, -0.25) is 9.59 Å². The molecule has 0 aliphatic rings. The summed E-state index contributed by atoms with van der Waals surface area (Å²) in [6.45, 7) is 6.04. The first-order valence-corrected chi connectivity index (χ1v) is 7.91. The van der Waals surface area contributed by atoms with Gasteiger partial charge in [0.1, 0.15) is 6.54 Å². The summed E-state index contributed by atoms with van der Waals surface area (Å²) in [5.41, 5.74) is 5.36. The van der Waals surface area contributed by atoms with Crippen LogP contribution in [0.1, 0.15) is 27.2 Å². The van der Waals surface area contributed by atoms with Gasteiger partial charge in [0.25, 0.3) is 0 Å². The van der Waals surface area contributed by atoms with Crippen LogP contribution in [0.3, 0.4) is 0 Å². The van der Waals surface area contributed by atoms with Crippen LogP contribution >= 0.6 is 0 Å². The summed E-state index contributed by atoms with van der Waals surface area (Å²) >= 11 is 0. The molecule has 1 heterocycles. The fourth-order valence-corrected chi connectivity index (χ4v) is 3.10. The number of benzene rings is 2. The zero-order valence-electron chi connectivity index (χ0n) is 14.1. The molecule has 3 rings (SSSR count). The van der Waals surface area contributed by atoms with E-state index >= 15 is 0 Å². The monoisotopic (exact) mass is 320 g/mol. The Balaban J connectivity index is 1.91. The number of aldehydes is 1. The highest BCUT2D eigenvalue weighted by Gasteiger charge is 2.15. The van der Waals surface area contributed by atoms with Gasteiger partial charge in [-0.1, -0.05) is 35.9 Å². The van der Waals surface area contributed by atoms with Crippen molar-refractivity contribution in [3.8, 4) is 0 Å². The van der Waals surface area contributed by atoms with Crippen LogP contribution in [0.15, 0.2) is 42.5 Å². The maximum absolute atomic E-state index is 12.5. The van der Waals surface area contributed by atoms with Crippen molar-refractivity contribution in [1.82, 2.24) is 4.57 Å². The molecule has 0 unspecified atom stereocenters. The van der Waals surface area contributed by atoms with Gasteiger partial charge in [-0.2, -0.15) is 0 Å². The summed E-state index contributed by atoms with van der Waals surface area (Å²) < 4.78 is 1.89. The number of aromatic nitrogens is 1. The topological polar surface area (TPSA) is 51.1 Å². The van der Waals surface area contributed by atoms with Crippen LogP contribution in [0.2, 0.25) is 0 Å². The predicted molar refractivity (Wildman–Crippen MR) is 96.6 cm³/mol. The molecule has 0 fully saturated rings. The highest BCUT2D eigenvalue weighted by atomic mass is 16.2. The van der Waals surface area contributed by atoms with Crippen LogP contribution in [0.4, 0.5) is 5.69 Å². The molecular formula is C20H20N2O2. The molecule has 0 aliphatic carbocycles. The summed E-state index contributed by atoms with van der Waals surface area (Å²) in [7, 11) is 0. The second-order valence-corrected chi connectivity index (χ2v) is 6.09. The number of anilines is 1. The number of amides is 1. The van der Waals surface area contributed by atoms with Crippen LogP contribution in [0.25, 0.3) is 10.9 Å². The first-order valence-electron chi connectivity index (χ1n) is 7.91. The van der Waals surface area contributed by atoms with E-state index in [9.17, 15) is 9.59 Å². The lowest BCUT2D eigenvalue weighted by atomic mass is 10.1. The van der Waals surface area contributed by atoms with E-state index in [0.717, 1.165) is 39.7 Å². The molecule has 0 bridgehead atoms. The number of rotatable bonds is 4. The molecule has 0 spiro atoms. The first kappa shape index (κ1) is 16.0. The Hall–Kier alpha value is -2.88. The molecular weight excluding hydrogens is 300 g/mol. The number of aryl methyl sites for hydroxylation is 2. The van der Waals surface area contributed by atoms with E-state index in [1.807, 2.05) is 67.8 Å². The predicted octanol–water partition coefficient (Wildman–Crippen LogP) is 4.02. The summed E-state index contributed by atoms with van der Waals surface area (Å²) in [6.07, 6.45) is 0.857. The quantitative estimate of drug-likeness (QED) is 0.738. The van der Waals surface area contributed by atoms with Crippen molar-refractivity contribution >= 4 is 28.8 Å². The van der Waals surface area contributed by atoms with Crippen LogP contribution < -0.4 is 5.32 Å². The molecule has 1 amide bonds. The Kier molecular flexibility index (Phi) is 4.21. The zero-order valence-corrected chi connectivity index (χ0v) is 14.1. The minimum absolute atomic E-state index is 0.108. The molecule has 4 heteroatoms. The van der Waals surface area contributed by atoms with Crippen LogP contribution in [-0.4, -0.2) is 16.8 Å². The SMILES string of the molecule is Cc1ccc(NC(=O)Cn2c(C)c(C=O)c3ccccc32)c(C)c1. The molecule has 1 aromatic heterocycles. The van der Waals surface area contributed by atoms with E-state index in [2.05, 4.69) is 5.32 Å². The highest BCUT2D eigenvalue weighted by Crippen LogP contribution is 2.24. The van der Waals surface area contributed by atoms with Crippen LogP contribution in [-0.2, 0) is 11.3 Å². The fraction of sp³-hybridized carbons (Fsp3) is 0.200. The molecule has 0 saturated carbocycles. The minimum Gasteiger partial charge on any atom is -0.335 e. The second-order valence-electron chi connectivity index (χ2n) is 6.09. The fourth-order valence-electron chi connectivity index (χ4n) is 3.10. The van der Waals surface area contributed by atoms with Crippen molar-refractivity contribution in [3.63, 3.8) is 0 Å². The van der Waals surface area contributed by atoms with E-state index in [4.69, 9.17) is 0 Å². The van der Waals surface area contributed by atoms with E-state index in [1.165, 1.54) is 0 Å². The molecule has 122 valence electrons. The maximum atomic E-state index is 12.5. The molecule has 3 aromatic rings. The van der Waals surface area contributed by atoms with Gasteiger partial charge in [0.2, 0.25) is 5.91 Å². The Morgan fingerprint density at radius 1 is 1.12 bits per heavy atom. The molecule has 0 radical (unpaired) electrons. The molecule has 1 N–H and O–H groups in total. The van der Waals surface area contributed by atoms with Crippen molar-refractivity contribution in [2.45, 2.75) is 27.3 Å². The number of hydrogen-bond acceptors (Lipinski definition) is 2. The standard InChI is InChI=1S/C20H20N2O2/c1-13-8-9-18(14(2)10-13)21-20(24)11-22-15(3)17(12-23)16-6-4-5-7-19(16)22/h4-10,12H,11H2,1-3H3,(H,21,24). The number of carbonyl (C=O) groups excluding carboxylic acids is 2. The van der Waals surface area contributed by atoms with E-state index < -0.39 is 0 Å². The van der Waals surface area contributed by atoms with Crippen LogP contribution in [0, 0.1) is 20.8 Å². The molecule has 2 aromatic carbocycles. The number of nitrogens with one attached hydrogen (secondary N) is 1. The van der Waals surface area contributed by atoms with Crippen molar-refractivity contribution in [3.05, 3.63) is 64.8 Å². The van der Waals surface area contributed by atoms with Crippen molar-refractivity contribution < 1.29 is 9.59 Å². The van der Waals surface area contributed by atoms with Gasteiger partial charge in [0, 0.05) is 27.8 Å². The van der Waals surface area contributed by atoms with Crippen LogP contribution in [0.5, 0.6) is 0 Å². The maximum Gasteiger partial charge on any atom is 0.244 e. The summed E-state index contributed by atoms with van der Waals surface area (Å²) in [6, 6.07) is 13.6. The lowest BCUT2D eigenvalue weighted by Gasteiger charge is -2.11. The van der Waals surface area contributed by atoms with Gasteiger partial charge >= 0.3 is 0 Å². The first-order chi connectivity index (χ1) is 11.5. The van der Waals surface area contributed by atoms with Crippen molar-refractivity contribution in [2.24, 2.45) is 0 Å². The van der Waals surface area contributed by atoms with Gasteiger partial charge in [-0.25, -0.2) is 0 Å². The van der Waals surface area contributed by atoms with Crippen molar-refractivity contribution in [2.75, 3.05) is 5.32 Å². The smallest absolute Gasteiger partial charge is 0.244 e. The molecule has 0 saturated heterocycles. The van der Waals surface area contributed by atoms with Gasteiger partial charge < -0.3 is 9.88 Å². The summed E-state index contributed by atoms with van der Waals surface area (Å²) in [5, 5.41) is 3.84. The average molecular weight is 320 g/mol. The lowest BCUT2D eigenvalue weighted by molar-refractivity contribution is -0.116. The lowest BCUT2D eigenvalue weighted by Crippen LogP contribution is -2.20. The van der Waals surface area contributed by atoms with Gasteiger partial charge in [0.15, 0.2) is 6.29 Å². The largest absolute Gasteiger partial charge is 0.335 e. The third-order valence-corrected chi connectivity index (χ3v) is 4.36. The number of carbonyl (C=O) groups is 2.